The highest BCUT2D eigenvalue weighted by Gasteiger charge is 2.21. The lowest BCUT2D eigenvalue weighted by atomic mass is 9.78. The highest BCUT2D eigenvalue weighted by Crippen LogP contribution is 2.39. The van der Waals surface area contributed by atoms with Crippen LogP contribution in [0.25, 0.3) is 5.57 Å². The Hall–Kier alpha value is -1.37. The number of rotatable bonds is 3. The minimum Gasteiger partial charge on any atom is -0.207 e. The maximum atomic E-state index is 13.1. The Balaban J connectivity index is 2.49. The number of benzene rings is 1. The van der Waals surface area contributed by atoms with Crippen molar-refractivity contribution >= 4 is 5.57 Å². The van der Waals surface area contributed by atoms with E-state index in [1.54, 1.807) is 17.7 Å². The molecule has 102 valence electrons. The van der Waals surface area contributed by atoms with E-state index < -0.39 is 0 Å². The minimum absolute atomic E-state index is 0.167. The van der Waals surface area contributed by atoms with E-state index in [2.05, 4.69) is 33.8 Å². The number of allylic oxidation sites excluding steroid dienone is 4. The van der Waals surface area contributed by atoms with Crippen LogP contribution in [0.4, 0.5) is 4.39 Å². The van der Waals surface area contributed by atoms with Gasteiger partial charge in [-0.1, -0.05) is 51.5 Å². The van der Waals surface area contributed by atoms with Gasteiger partial charge in [-0.25, -0.2) is 4.39 Å². The van der Waals surface area contributed by atoms with Gasteiger partial charge in [0.25, 0.3) is 0 Å². The molecule has 1 aliphatic rings. The summed E-state index contributed by atoms with van der Waals surface area (Å²) in [7, 11) is 0. The van der Waals surface area contributed by atoms with Crippen LogP contribution in [0, 0.1) is 17.7 Å². The van der Waals surface area contributed by atoms with Gasteiger partial charge < -0.3 is 0 Å². The molecule has 0 aliphatic heterocycles. The lowest BCUT2D eigenvalue weighted by molar-refractivity contribution is 0.627. The van der Waals surface area contributed by atoms with Crippen LogP contribution in [0.15, 0.2) is 41.5 Å². The topological polar surface area (TPSA) is 0 Å². The van der Waals surface area contributed by atoms with Crippen molar-refractivity contribution in [1.29, 1.82) is 0 Å². The first kappa shape index (κ1) is 14.0. The maximum absolute atomic E-state index is 13.1. The van der Waals surface area contributed by atoms with Gasteiger partial charge in [0.1, 0.15) is 5.82 Å². The number of halogens is 1. The van der Waals surface area contributed by atoms with Crippen molar-refractivity contribution in [1.82, 2.24) is 0 Å². The molecule has 19 heavy (non-hydrogen) atoms. The van der Waals surface area contributed by atoms with Gasteiger partial charge in [0.05, 0.1) is 0 Å². The molecule has 0 aromatic heterocycles. The first-order valence-electron chi connectivity index (χ1n) is 7.20. The SMILES string of the molecule is CC(C)C1=C(C(C)C)C(c2ccc(F)cc2)=CCC1. The molecule has 0 heterocycles. The second kappa shape index (κ2) is 5.73. The van der Waals surface area contributed by atoms with E-state index in [1.165, 1.54) is 11.1 Å². The van der Waals surface area contributed by atoms with E-state index in [0.29, 0.717) is 11.8 Å². The van der Waals surface area contributed by atoms with E-state index in [-0.39, 0.29) is 5.82 Å². The Morgan fingerprint density at radius 2 is 1.58 bits per heavy atom. The molecule has 1 aliphatic carbocycles. The summed E-state index contributed by atoms with van der Waals surface area (Å²) in [5, 5.41) is 0. The zero-order chi connectivity index (χ0) is 14.0. The summed E-state index contributed by atoms with van der Waals surface area (Å²) in [6.07, 6.45) is 4.57. The minimum atomic E-state index is -0.167. The van der Waals surface area contributed by atoms with Crippen molar-refractivity contribution in [2.75, 3.05) is 0 Å². The van der Waals surface area contributed by atoms with Crippen molar-refractivity contribution < 1.29 is 4.39 Å². The second-order valence-corrected chi connectivity index (χ2v) is 5.91. The highest BCUT2D eigenvalue weighted by molar-refractivity contribution is 5.81. The molecular weight excluding hydrogens is 235 g/mol. The monoisotopic (exact) mass is 258 g/mol. The first-order valence-corrected chi connectivity index (χ1v) is 7.20. The van der Waals surface area contributed by atoms with Crippen molar-refractivity contribution in [3.63, 3.8) is 0 Å². The Kier molecular flexibility index (Phi) is 4.24. The average Bonchev–Trinajstić information content (AvgIpc) is 2.38. The van der Waals surface area contributed by atoms with Crippen molar-refractivity contribution in [3.05, 3.63) is 52.9 Å². The molecule has 1 heteroatoms. The predicted molar refractivity (Wildman–Crippen MR) is 80.3 cm³/mol. The fourth-order valence-electron chi connectivity index (χ4n) is 2.97. The lowest BCUT2D eigenvalue weighted by Crippen LogP contribution is -2.10. The van der Waals surface area contributed by atoms with Gasteiger partial charge in [0, 0.05) is 0 Å². The fourth-order valence-corrected chi connectivity index (χ4v) is 2.97. The van der Waals surface area contributed by atoms with Crippen LogP contribution in [0.2, 0.25) is 0 Å². The van der Waals surface area contributed by atoms with E-state index >= 15 is 0 Å². The van der Waals surface area contributed by atoms with Gasteiger partial charge in [-0.15, -0.1) is 0 Å². The third-order valence-electron chi connectivity index (χ3n) is 3.83. The fraction of sp³-hybridized carbons (Fsp3) is 0.444. The Labute approximate surface area is 116 Å². The molecule has 1 aromatic carbocycles. The molecule has 1 aromatic rings. The molecule has 0 unspecified atom stereocenters. The molecule has 0 saturated heterocycles. The van der Waals surface area contributed by atoms with Gasteiger partial charge in [0.2, 0.25) is 0 Å². The molecule has 0 amide bonds. The molecule has 0 radical (unpaired) electrons. The standard InChI is InChI=1S/C18H23F/c1-12(2)16-6-5-7-17(18(16)13(3)4)14-8-10-15(19)11-9-14/h7-13H,5-6H2,1-4H3. The van der Waals surface area contributed by atoms with E-state index in [1.807, 2.05) is 12.1 Å². The summed E-state index contributed by atoms with van der Waals surface area (Å²) >= 11 is 0. The molecule has 0 atom stereocenters. The third kappa shape index (κ3) is 2.97. The van der Waals surface area contributed by atoms with Gasteiger partial charge in [0.15, 0.2) is 0 Å². The molecule has 0 fully saturated rings. The normalized spacial score (nSPS) is 16.3. The van der Waals surface area contributed by atoms with Crippen LogP contribution in [0.5, 0.6) is 0 Å². The molecule has 0 N–H and O–H groups in total. The van der Waals surface area contributed by atoms with Crippen LogP contribution in [-0.4, -0.2) is 0 Å². The van der Waals surface area contributed by atoms with Crippen LogP contribution < -0.4 is 0 Å². The van der Waals surface area contributed by atoms with Crippen LogP contribution >= 0.6 is 0 Å². The summed E-state index contributed by atoms with van der Waals surface area (Å²) in [6.45, 7) is 9.04. The first-order chi connectivity index (χ1) is 9.00. The highest BCUT2D eigenvalue weighted by atomic mass is 19.1. The third-order valence-corrected chi connectivity index (χ3v) is 3.83. The van der Waals surface area contributed by atoms with Crippen molar-refractivity contribution in [2.45, 2.75) is 40.5 Å². The van der Waals surface area contributed by atoms with Gasteiger partial charge >= 0.3 is 0 Å². The average molecular weight is 258 g/mol. The van der Waals surface area contributed by atoms with Gasteiger partial charge in [-0.05, 0) is 53.5 Å². The Bertz CT molecular complexity index is 501. The Morgan fingerprint density at radius 1 is 0.947 bits per heavy atom. The van der Waals surface area contributed by atoms with Crippen LogP contribution in [0.3, 0.4) is 0 Å². The summed E-state index contributed by atoms with van der Waals surface area (Å²) in [4.78, 5) is 0. The number of hydrogen-bond acceptors (Lipinski definition) is 0. The van der Waals surface area contributed by atoms with E-state index in [0.717, 1.165) is 18.4 Å². The smallest absolute Gasteiger partial charge is 0.123 e. The zero-order valence-corrected chi connectivity index (χ0v) is 12.3. The molecule has 2 rings (SSSR count). The maximum Gasteiger partial charge on any atom is 0.123 e. The van der Waals surface area contributed by atoms with Gasteiger partial charge in [-0.3, -0.25) is 0 Å². The van der Waals surface area contributed by atoms with Crippen molar-refractivity contribution in [2.24, 2.45) is 11.8 Å². The van der Waals surface area contributed by atoms with E-state index in [9.17, 15) is 4.39 Å². The molecule has 0 bridgehead atoms. The quantitative estimate of drug-likeness (QED) is 0.661. The Morgan fingerprint density at radius 3 is 2.11 bits per heavy atom. The van der Waals surface area contributed by atoms with Gasteiger partial charge in [-0.2, -0.15) is 0 Å². The predicted octanol–water partition coefficient (Wildman–Crippen LogP) is 5.61. The largest absolute Gasteiger partial charge is 0.207 e. The summed E-state index contributed by atoms with van der Waals surface area (Å²) in [5.74, 6) is 0.926. The zero-order valence-electron chi connectivity index (χ0n) is 12.3. The second-order valence-electron chi connectivity index (χ2n) is 5.91. The number of hydrogen-bond donors (Lipinski definition) is 0. The summed E-state index contributed by atoms with van der Waals surface area (Å²) < 4.78 is 13.1. The molecule has 0 saturated carbocycles. The van der Waals surface area contributed by atoms with Crippen molar-refractivity contribution in [3.8, 4) is 0 Å². The van der Waals surface area contributed by atoms with Crippen LogP contribution in [0.1, 0.15) is 46.1 Å². The summed E-state index contributed by atoms with van der Waals surface area (Å²) in [5.41, 5.74) is 5.48. The van der Waals surface area contributed by atoms with E-state index in [4.69, 9.17) is 0 Å². The molecule has 0 spiro atoms. The molecular formula is C18H23F. The molecule has 0 nitrogen and oxygen atoms in total. The lowest BCUT2D eigenvalue weighted by Gasteiger charge is -2.27. The summed E-state index contributed by atoms with van der Waals surface area (Å²) in [6, 6.07) is 6.90. The van der Waals surface area contributed by atoms with Crippen LogP contribution in [-0.2, 0) is 0 Å².